The number of nitrogen functional groups attached to an aromatic ring is 1. The maximum absolute atomic E-state index is 12.3. The maximum Gasteiger partial charge on any atom is 0.265 e. The first-order chi connectivity index (χ1) is 10.0. The molecule has 0 spiro atoms. The molecule has 0 radical (unpaired) electrons. The van der Waals surface area contributed by atoms with Gasteiger partial charge in [-0.2, -0.15) is 0 Å². The van der Waals surface area contributed by atoms with Gasteiger partial charge < -0.3 is 21.7 Å². The van der Waals surface area contributed by atoms with Crippen molar-refractivity contribution >= 4 is 28.2 Å². The Kier molecular flexibility index (Phi) is 5.04. The van der Waals surface area contributed by atoms with E-state index in [1.807, 2.05) is 6.92 Å². The van der Waals surface area contributed by atoms with Crippen molar-refractivity contribution in [3.8, 4) is 12.3 Å². The highest BCUT2D eigenvalue weighted by molar-refractivity contribution is 7.18. The van der Waals surface area contributed by atoms with Crippen LogP contribution in [0.25, 0.3) is 0 Å². The molecule has 21 heavy (non-hydrogen) atoms. The van der Waals surface area contributed by atoms with Gasteiger partial charge in [0.25, 0.3) is 5.91 Å². The molecule has 7 heteroatoms. The van der Waals surface area contributed by atoms with Gasteiger partial charge >= 0.3 is 0 Å². The highest BCUT2D eigenvalue weighted by Gasteiger charge is 2.25. The normalized spacial score (nSPS) is 19.3. The zero-order valence-corrected chi connectivity index (χ0v) is 12.9. The van der Waals surface area contributed by atoms with Gasteiger partial charge in [0.05, 0.1) is 0 Å². The van der Waals surface area contributed by atoms with Crippen molar-refractivity contribution in [1.82, 2.24) is 10.3 Å². The molecule has 2 atom stereocenters. The van der Waals surface area contributed by atoms with E-state index in [2.05, 4.69) is 21.1 Å². The molecule has 0 aliphatic carbocycles. The second kappa shape index (κ2) is 6.78. The van der Waals surface area contributed by atoms with E-state index >= 15 is 0 Å². The largest absolute Gasteiger partial charge is 0.382 e. The topological polar surface area (TPSA) is 97.3 Å². The predicted octanol–water partition coefficient (Wildman–Crippen LogP) is 0.794. The fourth-order valence-electron chi connectivity index (χ4n) is 2.27. The summed E-state index contributed by atoms with van der Waals surface area (Å²) >= 11 is 1.31. The van der Waals surface area contributed by atoms with Gasteiger partial charge in [-0.1, -0.05) is 18.3 Å². The summed E-state index contributed by atoms with van der Waals surface area (Å²) < 4.78 is 0. The lowest BCUT2D eigenvalue weighted by Crippen LogP contribution is -2.34. The number of hydrogen-bond donors (Lipinski definition) is 3. The minimum Gasteiger partial charge on any atom is -0.382 e. The Morgan fingerprint density at radius 1 is 1.71 bits per heavy atom. The molecule has 2 rings (SSSR count). The van der Waals surface area contributed by atoms with E-state index in [1.54, 1.807) is 0 Å². The Morgan fingerprint density at radius 3 is 3.05 bits per heavy atom. The Hall–Kier alpha value is -1.78. The van der Waals surface area contributed by atoms with Gasteiger partial charge in [0.1, 0.15) is 10.7 Å². The van der Waals surface area contributed by atoms with Crippen molar-refractivity contribution in [2.24, 2.45) is 5.73 Å². The average molecular weight is 307 g/mol. The third-order valence-electron chi connectivity index (χ3n) is 3.54. The Bertz CT molecular complexity index is 550. The maximum atomic E-state index is 12.3. The first-order valence-electron chi connectivity index (χ1n) is 7.06. The van der Waals surface area contributed by atoms with E-state index in [0.717, 1.165) is 31.1 Å². The van der Waals surface area contributed by atoms with E-state index in [-0.39, 0.29) is 23.8 Å². The van der Waals surface area contributed by atoms with Crippen LogP contribution >= 0.6 is 11.3 Å². The van der Waals surface area contributed by atoms with Crippen molar-refractivity contribution in [2.75, 3.05) is 23.7 Å². The van der Waals surface area contributed by atoms with Gasteiger partial charge in [-0.05, 0) is 12.8 Å². The minimum atomic E-state index is -0.207. The molecule has 2 unspecified atom stereocenters. The summed E-state index contributed by atoms with van der Waals surface area (Å²) in [4.78, 5) is 19.1. The summed E-state index contributed by atoms with van der Waals surface area (Å²) in [7, 11) is 0. The zero-order valence-electron chi connectivity index (χ0n) is 12.1. The average Bonchev–Trinajstić information content (AvgIpc) is 3.04. The van der Waals surface area contributed by atoms with Crippen molar-refractivity contribution in [1.29, 1.82) is 0 Å². The van der Waals surface area contributed by atoms with Crippen LogP contribution in [0, 0.1) is 12.3 Å². The molecule has 1 fully saturated rings. The van der Waals surface area contributed by atoms with Crippen molar-refractivity contribution in [3.05, 3.63) is 4.88 Å². The first kappa shape index (κ1) is 15.6. The molecule has 1 aromatic heterocycles. The lowest BCUT2D eigenvalue weighted by molar-refractivity contribution is 0.0941. The third kappa shape index (κ3) is 3.65. The van der Waals surface area contributed by atoms with Crippen LogP contribution < -0.4 is 21.7 Å². The molecule has 1 saturated heterocycles. The van der Waals surface area contributed by atoms with Gasteiger partial charge in [0.2, 0.25) is 0 Å². The highest BCUT2D eigenvalue weighted by Crippen LogP contribution is 2.30. The van der Waals surface area contributed by atoms with Crippen LogP contribution in [0.15, 0.2) is 0 Å². The Labute approximate surface area is 128 Å². The van der Waals surface area contributed by atoms with E-state index in [4.69, 9.17) is 17.9 Å². The monoisotopic (exact) mass is 307 g/mol. The quantitative estimate of drug-likeness (QED) is 0.699. The van der Waals surface area contributed by atoms with Gasteiger partial charge in [0, 0.05) is 31.6 Å². The molecule has 2 heterocycles. The Morgan fingerprint density at radius 2 is 2.48 bits per heavy atom. The van der Waals surface area contributed by atoms with Crippen LogP contribution in [0.2, 0.25) is 0 Å². The number of nitrogens with zero attached hydrogens (tertiary/aromatic N) is 2. The second-order valence-electron chi connectivity index (χ2n) is 5.19. The lowest BCUT2D eigenvalue weighted by atomic mass is 10.1. The number of amides is 1. The van der Waals surface area contributed by atoms with E-state index in [9.17, 15) is 4.79 Å². The van der Waals surface area contributed by atoms with Crippen LogP contribution in [0.5, 0.6) is 0 Å². The lowest BCUT2D eigenvalue weighted by Gasteiger charge is -2.14. The number of nitrogens with one attached hydrogen (secondary N) is 1. The molecule has 114 valence electrons. The molecule has 6 nitrogen and oxygen atoms in total. The number of rotatable bonds is 5. The molecule has 1 aromatic rings. The number of hydrogen-bond acceptors (Lipinski definition) is 6. The molecule has 0 bridgehead atoms. The number of aromatic nitrogens is 1. The van der Waals surface area contributed by atoms with E-state index in [0.29, 0.717) is 11.3 Å². The zero-order chi connectivity index (χ0) is 15.4. The van der Waals surface area contributed by atoms with Crippen LogP contribution in [-0.4, -0.2) is 36.1 Å². The second-order valence-corrected chi connectivity index (χ2v) is 6.17. The molecular formula is C14H21N5OS. The number of nitrogens with two attached hydrogens (primary N) is 2. The fraction of sp³-hybridized carbons (Fsp3) is 0.571. The van der Waals surface area contributed by atoms with Gasteiger partial charge in [-0.15, -0.1) is 12.3 Å². The predicted molar refractivity (Wildman–Crippen MR) is 86.3 cm³/mol. The van der Waals surface area contributed by atoms with Crippen LogP contribution in [0.1, 0.15) is 35.9 Å². The Balaban J connectivity index is 2.08. The molecular weight excluding hydrogens is 286 g/mol. The molecule has 1 aliphatic heterocycles. The third-order valence-corrected chi connectivity index (χ3v) is 4.67. The summed E-state index contributed by atoms with van der Waals surface area (Å²) in [5, 5.41) is 3.66. The molecule has 1 amide bonds. The SMILES string of the molecule is C#CCC(CC)NC(=O)c1sc(N2CCC(N)C2)nc1N. The summed E-state index contributed by atoms with van der Waals surface area (Å²) in [6.07, 6.45) is 7.52. The van der Waals surface area contributed by atoms with Crippen molar-refractivity contribution in [3.63, 3.8) is 0 Å². The van der Waals surface area contributed by atoms with Gasteiger partial charge in [-0.25, -0.2) is 4.98 Å². The van der Waals surface area contributed by atoms with Gasteiger partial charge in [0.15, 0.2) is 5.13 Å². The molecule has 0 aromatic carbocycles. The van der Waals surface area contributed by atoms with Crippen molar-refractivity contribution in [2.45, 2.75) is 38.3 Å². The summed E-state index contributed by atoms with van der Waals surface area (Å²) in [5.41, 5.74) is 11.8. The highest BCUT2D eigenvalue weighted by atomic mass is 32.1. The van der Waals surface area contributed by atoms with E-state index < -0.39 is 0 Å². The number of anilines is 2. The minimum absolute atomic E-state index is 0.0346. The van der Waals surface area contributed by atoms with Crippen LogP contribution in [0.4, 0.5) is 10.9 Å². The fourth-order valence-corrected chi connectivity index (χ4v) is 3.19. The van der Waals surface area contributed by atoms with Gasteiger partial charge in [-0.3, -0.25) is 4.79 Å². The number of terminal acetylenes is 1. The van der Waals surface area contributed by atoms with E-state index in [1.165, 1.54) is 11.3 Å². The number of carbonyl (C=O) groups is 1. The van der Waals surface area contributed by atoms with Crippen LogP contribution in [-0.2, 0) is 0 Å². The number of carbonyl (C=O) groups excluding carboxylic acids is 1. The smallest absolute Gasteiger partial charge is 0.265 e. The van der Waals surface area contributed by atoms with Crippen LogP contribution in [0.3, 0.4) is 0 Å². The molecule has 0 saturated carbocycles. The molecule has 5 N–H and O–H groups in total. The summed E-state index contributed by atoms with van der Waals surface area (Å²) in [6.45, 7) is 3.59. The standard InChI is InChI=1S/C14H21N5OS/c1-3-5-10(4-2)17-13(20)11-12(16)18-14(21-11)19-7-6-9(15)8-19/h1,9-10H,4-8,15-16H2,2H3,(H,17,20). The summed E-state index contributed by atoms with van der Waals surface area (Å²) in [6, 6.07) is 0.125. The first-order valence-corrected chi connectivity index (χ1v) is 7.88. The van der Waals surface area contributed by atoms with Crippen molar-refractivity contribution < 1.29 is 4.79 Å². The molecule has 1 aliphatic rings. The summed E-state index contributed by atoms with van der Waals surface area (Å²) in [5.74, 6) is 2.63. The number of thiazole rings is 1.